The van der Waals surface area contributed by atoms with Gasteiger partial charge in [-0.3, -0.25) is 9.59 Å². The van der Waals surface area contributed by atoms with Crippen molar-refractivity contribution in [2.75, 3.05) is 12.9 Å². The molecule has 0 spiro atoms. The fourth-order valence-electron chi connectivity index (χ4n) is 2.22. The molecule has 0 aliphatic carbocycles. The van der Waals surface area contributed by atoms with E-state index in [0.717, 1.165) is 4.90 Å². The van der Waals surface area contributed by atoms with E-state index in [4.69, 9.17) is 9.47 Å². The van der Waals surface area contributed by atoms with Crippen molar-refractivity contribution in [1.82, 2.24) is 0 Å². The first kappa shape index (κ1) is 19.1. The maximum atomic E-state index is 12.3. The Bertz CT molecular complexity index is 753. The number of carbonyl (C=O) groups excluding carboxylic acids is 2. The monoisotopic (exact) mass is 358 g/mol. The van der Waals surface area contributed by atoms with Crippen LogP contribution < -0.4 is 4.74 Å². The van der Waals surface area contributed by atoms with Gasteiger partial charge in [0, 0.05) is 10.5 Å². The van der Waals surface area contributed by atoms with Crippen LogP contribution in [0, 0.1) is 13.8 Å². The van der Waals surface area contributed by atoms with Crippen LogP contribution in [0.5, 0.6) is 5.75 Å². The Labute approximate surface area is 152 Å². The van der Waals surface area contributed by atoms with Crippen molar-refractivity contribution in [3.8, 4) is 5.75 Å². The summed E-state index contributed by atoms with van der Waals surface area (Å²) >= 11 is 1.40. The van der Waals surface area contributed by atoms with Crippen molar-refractivity contribution in [3.63, 3.8) is 0 Å². The minimum absolute atomic E-state index is 0.169. The summed E-state index contributed by atoms with van der Waals surface area (Å²) < 4.78 is 10.3. The number of methoxy groups -OCH3 is 1. The molecule has 4 nitrogen and oxygen atoms in total. The lowest BCUT2D eigenvalue weighted by Gasteiger charge is -2.13. The topological polar surface area (TPSA) is 52.6 Å². The van der Waals surface area contributed by atoms with Gasteiger partial charge in [-0.1, -0.05) is 6.07 Å². The molecule has 0 saturated carbocycles. The first-order valence-electron chi connectivity index (χ1n) is 7.98. The van der Waals surface area contributed by atoms with E-state index in [1.54, 1.807) is 38.3 Å². The van der Waals surface area contributed by atoms with Gasteiger partial charge in [-0.15, -0.1) is 11.8 Å². The number of ether oxygens (including phenoxy) is 2. The molecule has 0 saturated heterocycles. The van der Waals surface area contributed by atoms with Crippen LogP contribution in [0.15, 0.2) is 47.4 Å². The third-order valence-corrected chi connectivity index (χ3v) is 4.85. The summed E-state index contributed by atoms with van der Waals surface area (Å²) in [4.78, 5) is 25.3. The van der Waals surface area contributed by atoms with Gasteiger partial charge in [0.05, 0.1) is 12.9 Å². The molecule has 5 heteroatoms. The van der Waals surface area contributed by atoms with Gasteiger partial charge in [0.2, 0.25) is 5.78 Å². The molecule has 0 bridgehead atoms. The predicted octanol–water partition coefficient (Wildman–Crippen LogP) is 4.22. The summed E-state index contributed by atoms with van der Waals surface area (Å²) in [7, 11) is 1.56. The molecule has 0 heterocycles. The van der Waals surface area contributed by atoms with Gasteiger partial charge in [-0.25, -0.2) is 0 Å². The Hall–Kier alpha value is -2.27. The zero-order valence-electron chi connectivity index (χ0n) is 14.9. The first-order chi connectivity index (χ1) is 11.9. The second-order valence-corrected chi connectivity index (χ2v) is 6.81. The van der Waals surface area contributed by atoms with Crippen molar-refractivity contribution < 1.29 is 19.1 Å². The molecule has 0 aliphatic heterocycles. The van der Waals surface area contributed by atoms with E-state index in [9.17, 15) is 9.59 Å². The molecule has 0 amide bonds. The third-order valence-electron chi connectivity index (χ3n) is 3.89. The van der Waals surface area contributed by atoms with E-state index in [-0.39, 0.29) is 11.5 Å². The summed E-state index contributed by atoms with van der Waals surface area (Å²) in [5, 5.41) is 0. The Kier molecular flexibility index (Phi) is 6.65. The highest BCUT2D eigenvalue weighted by atomic mass is 32.2. The van der Waals surface area contributed by atoms with Gasteiger partial charge >= 0.3 is 5.97 Å². The fraction of sp³-hybridized carbons (Fsp3) is 0.300. The lowest BCUT2D eigenvalue weighted by molar-refractivity contribution is -0.143. The Morgan fingerprint density at radius 1 is 1.04 bits per heavy atom. The zero-order valence-corrected chi connectivity index (χ0v) is 15.7. The maximum absolute atomic E-state index is 12.3. The largest absolute Gasteiger partial charge is 0.497 e. The van der Waals surface area contributed by atoms with E-state index in [1.165, 1.54) is 22.9 Å². The van der Waals surface area contributed by atoms with Crippen molar-refractivity contribution in [2.45, 2.75) is 31.8 Å². The number of hydrogen-bond acceptors (Lipinski definition) is 5. The molecule has 0 N–H and O–H groups in total. The average Bonchev–Trinajstić information content (AvgIpc) is 2.62. The average molecular weight is 358 g/mol. The van der Waals surface area contributed by atoms with Crippen LogP contribution in [0.2, 0.25) is 0 Å². The molecule has 0 aromatic heterocycles. The number of aryl methyl sites for hydroxylation is 2. The molecular formula is C20H22O4S. The number of benzene rings is 2. The van der Waals surface area contributed by atoms with Crippen LogP contribution in [0.1, 0.15) is 28.4 Å². The second kappa shape index (κ2) is 8.72. The zero-order chi connectivity index (χ0) is 18.4. The summed E-state index contributed by atoms with van der Waals surface area (Å²) in [6.07, 6.45) is -0.818. The van der Waals surface area contributed by atoms with Crippen LogP contribution in [0.4, 0.5) is 0 Å². The molecule has 0 aliphatic rings. The van der Waals surface area contributed by atoms with Gasteiger partial charge in [0.15, 0.2) is 6.10 Å². The molecule has 0 fully saturated rings. The van der Waals surface area contributed by atoms with Crippen LogP contribution >= 0.6 is 11.8 Å². The molecule has 0 radical (unpaired) electrons. The van der Waals surface area contributed by atoms with E-state index in [2.05, 4.69) is 0 Å². The van der Waals surface area contributed by atoms with E-state index in [1.807, 2.05) is 32.0 Å². The van der Waals surface area contributed by atoms with Gasteiger partial charge in [0.25, 0.3) is 0 Å². The van der Waals surface area contributed by atoms with Gasteiger partial charge < -0.3 is 9.47 Å². The number of thioether (sulfide) groups is 1. The highest BCUT2D eigenvalue weighted by molar-refractivity contribution is 8.00. The molecule has 132 valence electrons. The second-order valence-electron chi connectivity index (χ2n) is 5.76. The lowest BCUT2D eigenvalue weighted by Crippen LogP contribution is -2.25. The SMILES string of the molecule is COc1ccc(C(=O)[C@@H](C)OC(=O)CSc2ccc(C)c(C)c2)cc1. The van der Waals surface area contributed by atoms with Crippen LogP contribution in [-0.2, 0) is 9.53 Å². The Morgan fingerprint density at radius 2 is 1.72 bits per heavy atom. The number of esters is 1. The quantitative estimate of drug-likeness (QED) is 0.421. The van der Waals surface area contributed by atoms with Crippen molar-refractivity contribution in [2.24, 2.45) is 0 Å². The Balaban J connectivity index is 1.88. The van der Waals surface area contributed by atoms with E-state index < -0.39 is 12.1 Å². The fourth-order valence-corrected chi connectivity index (χ4v) is 3.00. The van der Waals surface area contributed by atoms with Gasteiger partial charge in [-0.05, 0) is 68.3 Å². The summed E-state index contributed by atoms with van der Waals surface area (Å²) in [6, 6.07) is 12.8. The summed E-state index contributed by atoms with van der Waals surface area (Å²) in [6.45, 7) is 5.67. The number of Topliss-reactive ketones (excluding diaryl/α,β-unsaturated/α-hetero) is 1. The first-order valence-corrected chi connectivity index (χ1v) is 8.97. The highest BCUT2D eigenvalue weighted by Crippen LogP contribution is 2.21. The molecule has 25 heavy (non-hydrogen) atoms. The number of ketones is 1. The van der Waals surface area contributed by atoms with Crippen LogP contribution in [-0.4, -0.2) is 30.7 Å². The van der Waals surface area contributed by atoms with Crippen molar-refractivity contribution >= 4 is 23.5 Å². The van der Waals surface area contributed by atoms with Crippen LogP contribution in [0.3, 0.4) is 0 Å². The standard InChI is InChI=1S/C20H22O4S/c1-13-5-10-18(11-14(13)2)25-12-19(21)24-15(3)20(22)16-6-8-17(23-4)9-7-16/h5-11,15H,12H2,1-4H3/t15-/m1/s1. The molecule has 2 aromatic rings. The van der Waals surface area contributed by atoms with E-state index >= 15 is 0 Å². The molecule has 2 rings (SSSR count). The number of rotatable bonds is 7. The number of carbonyl (C=O) groups is 2. The minimum Gasteiger partial charge on any atom is -0.497 e. The van der Waals surface area contributed by atoms with Crippen molar-refractivity contribution in [1.29, 1.82) is 0 Å². The lowest BCUT2D eigenvalue weighted by atomic mass is 10.1. The van der Waals surface area contributed by atoms with Gasteiger partial charge in [-0.2, -0.15) is 0 Å². The molecule has 0 unspecified atom stereocenters. The van der Waals surface area contributed by atoms with Crippen molar-refractivity contribution in [3.05, 3.63) is 59.2 Å². The third kappa shape index (κ3) is 5.36. The van der Waals surface area contributed by atoms with Gasteiger partial charge in [0.1, 0.15) is 5.75 Å². The Morgan fingerprint density at radius 3 is 2.32 bits per heavy atom. The summed E-state index contributed by atoms with van der Waals surface area (Å²) in [5.74, 6) is 0.207. The van der Waals surface area contributed by atoms with Crippen LogP contribution in [0.25, 0.3) is 0 Å². The maximum Gasteiger partial charge on any atom is 0.316 e. The molecule has 1 atom stereocenters. The normalized spacial score (nSPS) is 11.7. The molecular weight excluding hydrogens is 336 g/mol. The predicted molar refractivity (Wildman–Crippen MR) is 99.5 cm³/mol. The number of hydrogen-bond donors (Lipinski definition) is 0. The van der Waals surface area contributed by atoms with E-state index in [0.29, 0.717) is 11.3 Å². The highest BCUT2D eigenvalue weighted by Gasteiger charge is 2.19. The molecule has 2 aromatic carbocycles. The minimum atomic E-state index is -0.818. The summed E-state index contributed by atoms with van der Waals surface area (Å²) in [5.41, 5.74) is 2.88. The smallest absolute Gasteiger partial charge is 0.316 e.